The largest absolute Gasteiger partial charge is 0.395 e. The van der Waals surface area contributed by atoms with Gasteiger partial charge < -0.3 is 5.11 Å². The Balaban J connectivity index is 1.87. The molecule has 112 valence electrons. The molecule has 1 aromatic heterocycles. The van der Waals surface area contributed by atoms with Crippen molar-refractivity contribution in [3.8, 4) is 0 Å². The third-order valence-electron chi connectivity index (χ3n) is 3.36. The van der Waals surface area contributed by atoms with Crippen molar-refractivity contribution in [3.05, 3.63) is 16.1 Å². The number of nitrogens with one attached hydrogen (secondary N) is 1. The van der Waals surface area contributed by atoms with E-state index in [0.29, 0.717) is 5.01 Å². The van der Waals surface area contributed by atoms with Crippen LogP contribution in [0, 0.1) is 0 Å². The van der Waals surface area contributed by atoms with E-state index >= 15 is 0 Å². The van der Waals surface area contributed by atoms with E-state index < -0.39 is 0 Å². The number of carbonyl (C=O) groups excluding carboxylic acids is 1. The second kappa shape index (κ2) is 7.65. The molecule has 0 saturated carbocycles. The lowest BCUT2D eigenvalue weighted by molar-refractivity contribution is 0.0953. The highest BCUT2D eigenvalue weighted by Gasteiger charge is 2.16. The molecule has 1 aliphatic rings. The standard InChI is InChI=1S/C12H21N5O2S/c13-15-11(19)12-14-10(9-20-12)8-17-3-1-2-16(4-5-17)6-7-18/h9,18H,1-8,13H2,(H,15,19). The van der Waals surface area contributed by atoms with Gasteiger partial charge in [-0.05, 0) is 19.5 Å². The number of hydrazine groups is 1. The minimum atomic E-state index is -0.341. The summed E-state index contributed by atoms with van der Waals surface area (Å²) < 4.78 is 0. The van der Waals surface area contributed by atoms with Gasteiger partial charge in [0.2, 0.25) is 0 Å². The number of aliphatic hydroxyl groups is 1. The van der Waals surface area contributed by atoms with Crippen LogP contribution in [0.5, 0.6) is 0 Å². The minimum Gasteiger partial charge on any atom is -0.395 e. The highest BCUT2D eigenvalue weighted by molar-refractivity contribution is 7.11. The van der Waals surface area contributed by atoms with Gasteiger partial charge in [-0.25, -0.2) is 10.8 Å². The molecular weight excluding hydrogens is 278 g/mol. The van der Waals surface area contributed by atoms with E-state index in [-0.39, 0.29) is 12.5 Å². The van der Waals surface area contributed by atoms with Crippen LogP contribution in [0.3, 0.4) is 0 Å². The smallest absolute Gasteiger partial charge is 0.294 e. The van der Waals surface area contributed by atoms with Crippen LogP contribution in [-0.4, -0.2) is 65.1 Å². The lowest BCUT2D eigenvalue weighted by Gasteiger charge is -2.20. The first-order chi connectivity index (χ1) is 9.72. The molecule has 2 heterocycles. The monoisotopic (exact) mass is 299 g/mol. The Kier molecular flexibility index (Phi) is 5.86. The average Bonchev–Trinajstić information content (AvgIpc) is 2.80. The third-order valence-corrected chi connectivity index (χ3v) is 4.25. The summed E-state index contributed by atoms with van der Waals surface area (Å²) >= 11 is 1.31. The molecule has 0 aromatic carbocycles. The van der Waals surface area contributed by atoms with Crippen molar-refractivity contribution in [1.82, 2.24) is 20.2 Å². The van der Waals surface area contributed by atoms with Crippen LogP contribution in [0.15, 0.2) is 5.38 Å². The number of nitrogens with two attached hydrogens (primary N) is 1. The SMILES string of the molecule is NNC(=O)c1nc(CN2CCCN(CCO)CC2)cs1. The van der Waals surface area contributed by atoms with Gasteiger partial charge in [0.15, 0.2) is 5.01 Å². The maximum absolute atomic E-state index is 11.4. The molecule has 0 bridgehead atoms. The van der Waals surface area contributed by atoms with Crippen LogP contribution in [0.1, 0.15) is 21.9 Å². The fourth-order valence-electron chi connectivity index (χ4n) is 2.32. The molecule has 0 spiro atoms. The number of thiazole rings is 1. The maximum Gasteiger partial charge on any atom is 0.294 e. The quantitative estimate of drug-likeness (QED) is 0.376. The molecule has 20 heavy (non-hydrogen) atoms. The molecule has 1 aromatic rings. The van der Waals surface area contributed by atoms with Crippen LogP contribution in [-0.2, 0) is 6.54 Å². The predicted molar refractivity (Wildman–Crippen MR) is 77.2 cm³/mol. The Morgan fingerprint density at radius 2 is 2.15 bits per heavy atom. The van der Waals surface area contributed by atoms with Gasteiger partial charge in [-0.15, -0.1) is 11.3 Å². The van der Waals surface area contributed by atoms with Gasteiger partial charge in [-0.3, -0.25) is 20.0 Å². The summed E-state index contributed by atoms with van der Waals surface area (Å²) in [6, 6.07) is 0. The van der Waals surface area contributed by atoms with E-state index in [9.17, 15) is 4.79 Å². The van der Waals surface area contributed by atoms with Crippen molar-refractivity contribution >= 4 is 17.2 Å². The van der Waals surface area contributed by atoms with E-state index in [4.69, 9.17) is 10.9 Å². The summed E-state index contributed by atoms with van der Waals surface area (Å²) in [6.07, 6.45) is 1.08. The molecular formula is C12H21N5O2S. The summed E-state index contributed by atoms with van der Waals surface area (Å²) in [5.74, 6) is 4.75. The van der Waals surface area contributed by atoms with Gasteiger partial charge in [0, 0.05) is 31.6 Å². The van der Waals surface area contributed by atoms with Crippen molar-refractivity contribution in [2.45, 2.75) is 13.0 Å². The van der Waals surface area contributed by atoms with Gasteiger partial charge in [0.25, 0.3) is 5.91 Å². The van der Waals surface area contributed by atoms with Crippen LogP contribution in [0.25, 0.3) is 0 Å². The van der Waals surface area contributed by atoms with E-state index in [1.54, 1.807) is 0 Å². The fraction of sp³-hybridized carbons (Fsp3) is 0.667. The van der Waals surface area contributed by atoms with Crippen LogP contribution < -0.4 is 11.3 Å². The van der Waals surface area contributed by atoms with Gasteiger partial charge in [-0.1, -0.05) is 0 Å². The predicted octanol–water partition coefficient (Wildman–Crippen LogP) is -0.753. The van der Waals surface area contributed by atoms with E-state index in [1.807, 2.05) is 5.38 Å². The Bertz CT molecular complexity index is 439. The summed E-state index contributed by atoms with van der Waals surface area (Å²) in [6.45, 7) is 5.65. The number of hydrogen-bond acceptors (Lipinski definition) is 7. The second-order valence-corrected chi connectivity index (χ2v) is 5.67. The first-order valence-electron chi connectivity index (χ1n) is 6.74. The van der Waals surface area contributed by atoms with Gasteiger partial charge in [0.05, 0.1) is 12.3 Å². The van der Waals surface area contributed by atoms with Gasteiger partial charge in [0.1, 0.15) is 0 Å². The molecule has 1 amide bonds. The van der Waals surface area contributed by atoms with Crippen molar-refractivity contribution in [3.63, 3.8) is 0 Å². The summed E-state index contributed by atoms with van der Waals surface area (Å²) in [7, 11) is 0. The van der Waals surface area contributed by atoms with Crippen molar-refractivity contribution in [1.29, 1.82) is 0 Å². The van der Waals surface area contributed by atoms with Crippen molar-refractivity contribution in [2.75, 3.05) is 39.3 Å². The van der Waals surface area contributed by atoms with Gasteiger partial charge in [-0.2, -0.15) is 0 Å². The molecule has 2 rings (SSSR count). The number of hydrogen-bond donors (Lipinski definition) is 3. The zero-order valence-corrected chi connectivity index (χ0v) is 12.2. The fourth-order valence-corrected chi connectivity index (χ4v) is 3.03. The molecule has 1 aliphatic heterocycles. The van der Waals surface area contributed by atoms with Crippen LogP contribution >= 0.6 is 11.3 Å². The Labute approximate surface area is 122 Å². The normalized spacial score (nSPS) is 17.9. The molecule has 1 saturated heterocycles. The second-order valence-electron chi connectivity index (χ2n) is 4.81. The zero-order valence-electron chi connectivity index (χ0n) is 11.4. The van der Waals surface area contributed by atoms with Gasteiger partial charge >= 0.3 is 0 Å². The number of amides is 1. The minimum absolute atomic E-state index is 0.212. The first kappa shape index (κ1) is 15.3. The number of nitrogens with zero attached hydrogens (tertiary/aromatic N) is 3. The lowest BCUT2D eigenvalue weighted by Crippen LogP contribution is -2.32. The molecule has 0 aliphatic carbocycles. The molecule has 0 unspecified atom stereocenters. The van der Waals surface area contributed by atoms with E-state index in [2.05, 4.69) is 20.2 Å². The number of β-amino-alcohol motifs (C(OH)–C–C–N with tert-alkyl or cyclic N) is 1. The van der Waals surface area contributed by atoms with Crippen LogP contribution in [0.4, 0.5) is 0 Å². The molecule has 8 heteroatoms. The Morgan fingerprint density at radius 1 is 1.40 bits per heavy atom. The number of aromatic nitrogens is 1. The number of aliphatic hydroxyl groups excluding tert-OH is 1. The molecule has 7 nitrogen and oxygen atoms in total. The van der Waals surface area contributed by atoms with E-state index in [1.165, 1.54) is 11.3 Å². The van der Waals surface area contributed by atoms with Crippen molar-refractivity contribution in [2.24, 2.45) is 5.84 Å². The highest BCUT2D eigenvalue weighted by Crippen LogP contribution is 2.13. The topological polar surface area (TPSA) is 94.7 Å². The third kappa shape index (κ3) is 4.22. The molecule has 1 fully saturated rings. The average molecular weight is 299 g/mol. The zero-order chi connectivity index (χ0) is 14.4. The highest BCUT2D eigenvalue weighted by atomic mass is 32.1. The lowest BCUT2D eigenvalue weighted by atomic mass is 10.3. The maximum atomic E-state index is 11.4. The molecule has 0 atom stereocenters. The Morgan fingerprint density at radius 3 is 2.90 bits per heavy atom. The summed E-state index contributed by atoms with van der Waals surface area (Å²) in [4.78, 5) is 20.3. The summed E-state index contributed by atoms with van der Waals surface area (Å²) in [5, 5.41) is 11.3. The number of rotatable bonds is 5. The molecule has 4 N–H and O–H groups in total. The number of nitrogen functional groups attached to an aromatic ring is 1. The van der Waals surface area contributed by atoms with Crippen molar-refractivity contribution < 1.29 is 9.90 Å². The number of carbonyl (C=O) groups is 1. The first-order valence-corrected chi connectivity index (χ1v) is 7.62. The van der Waals surface area contributed by atoms with E-state index in [0.717, 1.165) is 51.4 Å². The summed E-state index contributed by atoms with van der Waals surface area (Å²) in [5.41, 5.74) is 3.00. The molecule has 0 radical (unpaired) electrons. The van der Waals surface area contributed by atoms with Crippen LogP contribution in [0.2, 0.25) is 0 Å². The Hall–Kier alpha value is -1.06.